The first-order valence-corrected chi connectivity index (χ1v) is 7.37. The molecule has 3 nitrogen and oxygen atoms in total. The van der Waals surface area contributed by atoms with Crippen molar-refractivity contribution in [1.29, 1.82) is 0 Å². The van der Waals surface area contributed by atoms with Crippen LogP contribution in [0.5, 0.6) is 0 Å². The minimum absolute atomic E-state index is 0.107. The summed E-state index contributed by atoms with van der Waals surface area (Å²) < 4.78 is 13.6. The molecule has 1 unspecified atom stereocenters. The number of nitrogens with zero attached hydrogens (tertiary/aromatic N) is 1. The van der Waals surface area contributed by atoms with E-state index < -0.39 is 0 Å². The lowest BCUT2D eigenvalue weighted by molar-refractivity contribution is -0.132. The van der Waals surface area contributed by atoms with Gasteiger partial charge in [0.15, 0.2) is 0 Å². The molecule has 104 valence electrons. The van der Waals surface area contributed by atoms with Crippen LogP contribution in [-0.4, -0.2) is 29.9 Å². The molecule has 1 heterocycles. The number of benzene rings is 1. The first kappa shape index (κ1) is 14.3. The van der Waals surface area contributed by atoms with Gasteiger partial charge in [-0.1, -0.05) is 0 Å². The van der Waals surface area contributed by atoms with Gasteiger partial charge in [-0.2, -0.15) is 0 Å². The predicted molar refractivity (Wildman–Crippen MR) is 77.6 cm³/mol. The molecule has 1 fully saturated rings. The van der Waals surface area contributed by atoms with Crippen LogP contribution in [0.15, 0.2) is 22.7 Å². The van der Waals surface area contributed by atoms with Crippen molar-refractivity contribution < 1.29 is 9.18 Å². The minimum atomic E-state index is -0.306. The summed E-state index contributed by atoms with van der Waals surface area (Å²) in [4.78, 5) is 14.2. The molecule has 0 radical (unpaired) electrons. The van der Waals surface area contributed by atoms with Crippen molar-refractivity contribution in [1.82, 2.24) is 4.90 Å². The third-order valence-corrected chi connectivity index (χ3v) is 4.00. The van der Waals surface area contributed by atoms with Crippen molar-refractivity contribution in [2.75, 3.05) is 18.4 Å². The molecule has 1 amide bonds. The van der Waals surface area contributed by atoms with E-state index in [4.69, 9.17) is 0 Å². The Hall–Kier alpha value is -1.10. The van der Waals surface area contributed by atoms with Gasteiger partial charge in [-0.05, 0) is 60.3 Å². The predicted octanol–water partition coefficient (Wildman–Crippen LogP) is 3.40. The van der Waals surface area contributed by atoms with Crippen LogP contribution in [0.2, 0.25) is 0 Å². The molecule has 0 aromatic heterocycles. The molecule has 1 aliphatic heterocycles. The van der Waals surface area contributed by atoms with Gasteiger partial charge in [0.1, 0.15) is 11.9 Å². The highest BCUT2D eigenvalue weighted by atomic mass is 79.9. The molecule has 1 atom stereocenters. The fourth-order valence-corrected chi connectivity index (χ4v) is 2.75. The topological polar surface area (TPSA) is 32.3 Å². The van der Waals surface area contributed by atoms with Crippen LogP contribution >= 0.6 is 15.9 Å². The van der Waals surface area contributed by atoms with Gasteiger partial charge in [-0.15, -0.1) is 0 Å². The molecule has 2 rings (SSSR count). The van der Waals surface area contributed by atoms with Crippen molar-refractivity contribution in [2.24, 2.45) is 0 Å². The second-order valence-electron chi connectivity index (χ2n) is 4.88. The zero-order valence-electron chi connectivity index (χ0n) is 11.0. The molecule has 0 bridgehead atoms. The summed E-state index contributed by atoms with van der Waals surface area (Å²) >= 11 is 3.29. The number of carbonyl (C=O) groups is 1. The molecule has 1 aromatic carbocycles. The van der Waals surface area contributed by atoms with E-state index in [2.05, 4.69) is 21.2 Å². The normalized spacial score (nSPS) is 17.1. The number of piperidine rings is 1. The Morgan fingerprint density at radius 1 is 1.37 bits per heavy atom. The van der Waals surface area contributed by atoms with E-state index in [9.17, 15) is 9.18 Å². The molecule has 1 aliphatic rings. The fourth-order valence-electron chi connectivity index (χ4n) is 2.29. The Bertz CT molecular complexity index is 461. The van der Waals surface area contributed by atoms with E-state index in [0.29, 0.717) is 4.47 Å². The SMILES string of the molecule is CC(Nc1ccc(F)cc1Br)C(=O)N1CCCCC1. The molecule has 0 aliphatic carbocycles. The maximum Gasteiger partial charge on any atom is 0.244 e. The Kier molecular flexibility index (Phi) is 4.80. The summed E-state index contributed by atoms with van der Waals surface area (Å²) in [5.74, 6) is -0.191. The van der Waals surface area contributed by atoms with Crippen LogP contribution in [0.1, 0.15) is 26.2 Å². The summed E-state index contributed by atoms with van der Waals surface area (Å²) in [7, 11) is 0. The zero-order chi connectivity index (χ0) is 13.8. The maximum absolute atomic E-state index is 13.0. The Morgan fingerprint density at radius 3 is 2.68 bits per heavy atom. The second kappa shape index (κ2) is 6.37. The molecule has 1 N–H and O–H groups in total. The number of hydrogen-bond acceptors (Lipinski definition) is 2. The van der Waals surface area contributed by atoms with Gasteiger partial charge >= 0.3 is 0 Å². The largest absolute Gasteiger partial charge is 0.373 e. The van der Waals surface area contributed by atoms with E-state index in [1.807, 2.05) is 11.8 Å². The van der Waals surface area contributed by atoms with Gasteiger partial charge in [0, 0.05) is 23.2 Å². The maximum atomic E-state index is 13.0. The molecular formula is C14H18BrFN2O. The van der Waals surface area contributed by atoms with Gasteiger partial charge in [-0.25, -0.2) is 4.39 Å². The van der Waals surface area contributed by atoms with Crippen LogP contribution in [0.25, 0.3) is 0 Å². The van der Waals surface area contributed by atoms with Crippen LogP contribution in [0, 0.1) is 5.82 Å². The number of halogens is 2. The number of likely N-dealkylation sites (tertiary alicyclic amines) is 1. The van der Waals surface area contributed by atoms with E-state index in [0.717, 1.165) is 31.6 Å². The Morgan fingerprint density at radius 2 is 2.05 bits per heavy atom. The van der Waals surface area contributed by atoms with E-state index >= 15 is 0 Å². The fraction of sp³-hybridized carbons (Fsp3) is 0.500. The van der Waals surface area contributed by atoms with Gasteiger partial charge in [0.2, 0.25) is 5.91 Å². The summed E-state index contributed by atoms with van der Waals surface area (Å²) in [6.07, 6.45) is 3.37. The highest BCUT2D eigenvalue weighted by Crippen LogP contribution is 2.24. The summed E-state index contributed by atoms with van der Waals surface area (Å²) in [5, 5.41) is 3.13. The van der Waals surface area contributed by atoms with Crippen molar-refractivity contribution >= 4 is 27.5 Å². The number of amides is 1. The molecule has 19 heavy (non-hydrogen) atoms. The monoisotopic (exact) mass is 328 g/mol. The van der Waals surface area contributed by atoms with Gasteiger partial charge < -0.3 is 10.2 Å². The third-order valence-electron chi connectivity index (χ3n) is 3.34. The van der Waals surface area contributed by atoms with Crippen molar-refractivity contribution in [3.8, 4) is 0 Å². The van der Waals surface area contributed by atoms with E-state index in [-0.39, 0.29) is 17.8 Å². The van der Waals surface area contributed by atoms with Crippen molar-refractivity contribution in [2.45, 2.75) is 32.2 Å². The number of rotatable bonds is 3. The summed E-state index contributed by atoms with van der Waals surface area (Å²) in [5.41, 5.74) is 0.735. The standard InChI is InChI=1S/C14H18BrFN2O/c1-10(14(19)18-7-3-2-4-8-18)17-13-6-5-11(16)9-12(13)15/h5-6,9-10,17H,2-4,7-8H2,1H3. The lowest BCUT2D eigenvalue weighted by Crippen LogP contribution is -2.43. The highest BCUT2D eigenvalue weighted by Gasteiger charge is 2.22. The average Bonchev–Trinajstić information content (AvgIpc) is 2.42. The molecule has 1 aromatic rings. The van der Waals surface area contributed by atoms with Crippen LogP contribution < -0.4 is 5.32 Å². The van der Waals surface area contributed by atoms with Gasteiger partial charge in [0.05, 0.1) is 0 Å². The highest BCUT2D eigenvalue weighted by molar-refractivity contribution is 9.10. The summed E-state index contributed by atoms with van der Waals surface area (Å²) in [6.45, 7) is 3.53. The number of hydrogen-bond donors (Lipinski definition) is 1. The smallest absolute Gasteiger partial charge is 0.244 e. The second-order valence-corrected chi connectivity index (χ2v) is 5.73. The average molecular weight is 329 g/mol. The first-order valence-electron chi connectivity index (χ1n) is 6.58. The van der Waals surface area contributed by atoms with Crippen molar-refractivity contribution in [3.05, 3.63) is 28.5 Å². The third kappa shape index (κ3) is 3.69. The molecule has 0 saturated carbocycles. The molecule has 1 saturated heterocycles. The zero-order valence-corrected chi connectivity index (χ0v) is 12.5. The number of carbonyl (C=O) groups excluding carboxylic acids is 1. The minimum Gasteiger partial charge on any atom is -0.373 e. The van der Waals surface area contributed by atoms with E-state index in [1.165, 1.54) is 18.6 Å². The lowest BCUT2D eigenvalue weighted by atomic mass is 10.1. The number of anilines is 1. The lowest BCUT2D eigenvalue weighted by Gasteiger charge is -2.29. The molecule has 0 spiro atoms. The Balaban J connectivity index is 1.99. The van der Waals surface area contributed by atoms with Crippen molar-refractivity contribution in [3.63, 3.8) is 0 Å². The van der Waals surface area contributed by atoms with Gasteiger partial charge in [0.25, 0.3) is 0 Å². The Labute approximate surface area is 121 Å². The summed E-state index contributed by atoms with van der Waals surface area (Å²) in [6, 6.07) is 4.10. The quantitative estimate of drug-likeness (QED) is 0.922. The van der Waals surface area contributed by atoms with Crippen LogP contribution in [0.3, 0.4) is 0 Å². The first-order chi connectivity index (χ1) is 9.08. The molecule has 5 heteroatoms. The number of nitrogens with one attached hydrogen (secondary N) is 1. The van der Waals surface area contributed by atoms with Crippen LogP contribution in [0.4, 0.5) is 10.1 Å². The van der Waals surface area contributed by atoms with E-state index in [1.54, 1.807) is 6.07 Å². The van der Waals surface area contributed by atoms with Gasteiger partial charge in [-0.3, -0.25) is 4.79 Å². The van der Waals surface area contributed by atoms with Crippen LogP contribution in [-0.2, 0) is 4.79 Å². The molecular weight excluding hydrogens is 311 g/mol.